The lowest BCUT2D eigenvalue weighted by Gasteiger charge is -2.36. The highest BCUT2D eigenvalue weighted by molar-refractivity contribution is 7.89. The van der Waals surface area contributed by atoms with E-state index in [2.05, 4.69) is 15.1 Å². The van der Waals surface area contributed by atoms with Gasteiger partial charge in [0.15, 0.2) is 0 Å². The molecule has 3 aromatic rings. The summed E-state index contributed by atoms with van der Waals surface area (Å²) in [5, 5.41) is 3.98. The van der Waals surface area contributed by atoms with Crippen molar-refractivity contribution in [2.45, 2.75) is 24.7 Å². The van der Waals surface area contributed by atoms with Gasteiger partial charge in [-0.15, -0.1) is 0 Å². The van der Waals surface area contributed by atoms with Crippen LogP contribution in [0, 0.1) is 13.8 Å². The van der Waals surface area contributed by atoms with Gasteiger partial charge in [-0.2, -0.15) is 9.29 Å². The van der Waals surface area contributed by atoms with Gasteiger partial charge in [0.1, 0.15) is 0 Å². The number of benzene rings is 1. The predicted molar refractivity (Wildman–Crippen MR) is 94.9 cm³/mol. The van der Waals surface area contributed by atoms with Crippen molar-refractivity contribution in [2.24, 2.45) is 0 Å². The summed E-state index contributed by atoms with van der Waals surface area (Å²) in [6.07, 6.45) is 3.32. The first-order valence-corrected chi connectivity index (χ1v) is 9.70. The standard InChI is InChI=1S/C18H18N4O3S/c1-12-3-4-16(13(2)9-12)26(23,24)22-10-15(11-22)18-20-17(21-25-18)14-5-7-19-8-6-14/h3-9,15H,10-11H2,1-2H3. The van der Waals surface area contributed by atoms with Gasteiger partial charge in [-0.1, -0.05) is 22.9 Å². The van der Waals surface area contributed by atoms with Crippen LogP contribution in [0.1, 0.15) is 22.9 Å². The largest absolute Gasteiger partial charge is 0.339 e. The molecule has 1 saturated heterocycles. The Morgan fingerprint density at radius 3 is 2.54 bits per heavy atom. The fraction of sp³-hybridized carbons (Fsp3) is 0.278. The molecule has 0 bridgehead atoms. The van der Waals surface area contributed by atoms with E-state index >= 15 is 0 Å². The summed E-state index contributed by atoms with van der Waals surface area (Å²) in [4.78, 5) is 8.70. The molecule has 0 spiro atoms. The monoisotopic (exact) mass is 370 g/mol. The molecule has 1 aliphatic heterocycles. The summed E-state index contributed by atoms with van der Waals surface area (Å²) in [7, 11) is -3.50. The van der Waals surface area contributed by atoms with E-state index in [0.29, 0.717) is 29.7 Å². The lowest BCUT2D eigenvalue weighted by molar-refractivity contribution is 0.216. The molecule has 1 aliphatic rings. The van der Waals surface area contributed by atoms with Crippen LogP contribution in [0.15, 0.2) is 52.1 Å². The first-order chi connectivity index (χ1) is 12.4. The van der Waals surface area contributed by atoms with Crippen LogP contribution in [0.5, 0.6) is 0 Å². The van der Waals surface area contributed by atoms with E-state index < -0.39 is 10.0 Å². The highest BCUT2D eigenvalue weighted by Crippen LogP contribution is 2.33. The number of hydrogen-bond acceptors (Lipinski definition) is 6. The molecule has 1 fully saturated rings. The Labute approximate surface area is 151 Å². The summed E-state index contributed by atoms with van der Waals surface area (Å²) in [6.45, 7) is 4.44. The minimum absolute atomic E-state index is 0.0846. The van der Waals surface area contributed by atoms with Crippen LogP contribution >= 0.6 is 0 Å². The van der Waals surface area contributed by atoms with Gasteiger partial charge >= 0.3 is 0 Å². The maximum atomic E-state index is 12.8. The highest BCUT2D eigenvalue weighted by Gasteiger charge is 2.40. The molecular formula is C18H18N4O3S. The molecule has 0 amide bonds. The van der Waals surface area contributed by atoms with Crippen LogP contribution in [0.2, 0.25) is 0 Å². The minimum atomic E-state index is -3.50. The van der Waals surface area contributed by atoms with Crippen molar-refractivity contribution >= 4 is 10.0 Å². The van der Waals surface area contributed by atoms with Gasteiger partial charge in [-0.3, -0.25) is 4.98 Å². The van der Waals surface area contributed by atoms with Crippen LogP contribution in [0.25, 0.3) is 11.4 Å². The minimum Gasteiger partial charge on any atom is -0.339 e. The SMILES string of the molecule is Cc1ccc(S(=O)(=O)N2CC(c3nc(-c4ccncc4)no3)C2)c(C)c1. The predicted octanol–water partition coefficient (Wildman–Crippen LogP) is 2.54. The van der Waals surface area contributed by atoms with E-state index in [1.165, 1.54) is 4.31 Å². The van der Waals surface area contributed by atoms with Gasteiger partial charge in [0.2, 0.25) is 21.7 Å². The quantitative estimate of drug-likeness (QED) is 0.701. The molecular weight excluding hydrogens is 352 g/mol. The van der Waals surface area contributed by atoms with Crippen molar-refractivity contribution < 1.29 is 12.9 Å². The Morgan fingerprint density at radius 2 is 1.85 bits per heavy atom. The van der Waals surface area contributed by atoms with Crippen molar-refractivity contribution in [1.29, 1.82) is 0 Å². The maximum absolute atomic E-state index is 12.8. The summed E-state index contributed by atoms with van der Waals surface area (Å²) in [5.41, 5.74) is 2.61. The fourth-order valence-corrected chi connectivity index (χ4v) is 4.77. The normalized spacial score (nSPS) is 15.8. The first-order valence-electron chi connectivity index (χ1n) is 8.26. The lowest BCUT2D eigenvalue weighted by atomic mass is 10.0. The molecule has 0 aliphatic carbocycles. The first kappa shape index (κ1) is 16.9. The average molecular weight is 370 g/mol. The number of pyridine rings is 1. The zero-order valence-corrected chi connectivity index (χ0v) is 15.3. The van der Waals surface area contributed by atoms with Crippen LogP contribution in [0.3, 0.4) is 0 Å². The Kier molecular flexibility index (Phi) is 4.08. The van der Waals surface area contributed by atoms with Gasteiger partial charge in [0.05, 0.1) is 10.8 Å². The Morgan fingerprint density at radius 1 is 1.12 bits per heavy atom. The molecule has 0 N–H and O–H groups in total. The summed E-state index contributed by atoms with van der Waals surface area (Å²) >= 11 is 0. The third kappa shape index (κ3) is 2.91. The van der Waals surface area contributed by atoms with Crippen molar-refractivity contribution in [2.75, 3.05) is 13.1 Å². The number of sulfonamides is 1. The summed E-state index contributed by atoms with van der Waals surface area (Å²) in [5.74, 6) is 0.862. The molecule has 7 nitrogen and oxygen atoms in total. The van der Waals surface area contributed by atoms with Gasteiger partial charge in [0.25, 0.3) is 0 Å². The molecule has 134 valence electrons. The Hall–Kier alpha value is -2.58. The fourth-order valence-electron chi connectivity index (χ4n) is 3.04. The second kappa shape index (κ2) is 6.30. The lowest BCUT2D eigenvalue weighted by Crippen LogP contribution is -2.48. The maximum Gasteiger partial charge on any atom is 0.243 e. The van der Waals surface area contributed by atoms with Crippen molar-refractivity contribution in [3.8, 4) is 11.4 Å². The van der Waals surface area contributed by atoms with E-state index in [9.17, 15) is 8.42 Å². The Balaban J connectivity index is 1.49. The second-order valence-corrected chi connectivity index (χ2v) is 8.39. The van der Waals surface area contributed by atoms with Crippen LogP contribution in [0.4, 0.5) is 0 Å². The molecule has 0 atom stereocenters. The molecule has 8 heteroatoms. The van der Waals surface area contributed by atoms with E-state index in [1.54, 1.807) is 30.6 Å². The van der Waals surface area contributed by atoms with E-state index in [-0.39, 0.29) is 5.92 Å². The van der Waals surface area contributed by atoms with Crippen molar-refractivity contribution in [1.82, 2.24) is 19.4 Å². The van der Waals surface area contributed by atoms with Gasteiger partial charge < -0.3 is 4.52 Å². The van der Waals surface area contributed by atoms with Crippen LogP contribution in [-0.4, -0.2) is 40.9 Å². The number of hydrogen-bond donors (Lipinski definition) is 0. The van der Waals surface area contributed by atoms with Crippen LogP contribution < -0.4 is 0 Å². The van der Waals surface area contributed by atoms with Gasteiger partial charge in [-0.25, -0.2) is 8.42 Å². The number of aryl methyl sites for hydroxylation is 2. The summed E-state index contributed by atoms with van der Waals surface area (Å²) in [6, 6.07) is 8.96. The van der Waals surface area contributed by atoms with Crippen LogP contribution in [-0.2, 0) is 10.0 Å². The number of nitrogens with zero attached hydrogens (tertiary/aromatic N) is 4. The third-order valence-corrected chi connectivity index (χ3v) is 6.52. The van der Waals surface area contributed by atoms with Crippen molar-refractivity contribution in [3.63, 3.8) is 0 Å². The topological polar surface area (TPSA) is 89.2 Å². The van der Waals surface area contributed by atoms with E-state index in [0.717, 1.165) is 16.7 Å². The molecule has 26 heavy (non-hydrogen) atoms. The molecule has 2 aromatic heterocycles. The summed E-state index contributed by atoms with van der Waals surface area (Å²) < 4.78 is 32.4. The number of aromatic nitrogens is 3. The van der Waals surface area contributed by atoms with Gasteiger partial charge in [0, 0.05) is 31.0 Å². The zero-order valence-electron chi connectivity index (χ0n) is 14.5. The molecule has 0 radical (unpaired) electrons. The molecule has 0 unspecified atom stereocenters. The van der Waals surface area contributed by atoms with Gasteiger partial charge in [-0.05, 0) is 37.6 Å². The highest BCUT2D eigenvalue weighted by atomic mass is 32.2. The number of rotatable bonds is 4. The third-order valence-electron chi connectivity index (χ3n) is 4.53. The van der Waals surface area contributed by atoms with E-state index in [1.807, 2.05) is 26.0 Å². The molecule has 0 saturated carbocycles. The second-order valence-electron chi connectivity index (χ2n) is 6.48. The average Bonchev–Trinajstić information content (AvgIpc) is 3.03. The smallest absolute Gasteiger partial charge is 0.243 e. The van der Waals surface area contributed by atoms with Crippen molar-refractivity contribution in [3.05, 3.63) is 59.7 Å². The van der Waals surface area contributed by atoms with E-state index in [4.69, 9.17) is 4.52 Å². The molecule has 1 aromatic carbocycles. The Bertz CT molecular complexity index is 1040. The zero-order chi connectivity index (χ0) is 18.3. The molecule has 4 rings (SSSR count). The molecule has 3 heterocycles.